The topological polar surface area (TPSA) is 80.2 Å². The Labute approximate surface area is 185 Å². The molecule has 9 heteroatoms. The predicted molar refractivity (Wildman–Crippen MR) is 115 cm³/mol. The first-order chi connectivity index (χ1) is 15.2. The van der Waals surface area contributed by atoms with Gasteiger partial charge in [0.05, 0.1) is 12.8 Å². The molecule has 2 aromatic rings. The Balaban J connectivity index is 1.67. The fourth-order valence-electron chi connectivity index (χ4n) is 3.08. The predicted octanol–water partition coefficient (Wildman–Crippen LogP) is 4.51. The van der Waals surface area contributed by atoms with Crippen LogP contribution in [0.1, 0.15) is 38.3 Å². The van der Waals surface area contributed by atoms with Crippen molar-refractivity contribution < 1.29 is 27.8 Å². The van der Waals surface area contributed by atoms with E-state index in [0.29, 0.717) is 23.7 Å². The maximum absolute atomic E-state index is 12.9. The molecule has 1 unspecified atom stereocenters. The van der Waals surface area contributed by atoms with Gasteiger partial charge in [-0.3, -0.25) is 4.79 Å². The zero-order valence-corrected chi connectivity index (χ0v) is 18.0. The van der Waals surface area contributed by atoms with E-state index in [1.54, 1.807) is 24.3 Å². The summed E-state index contributed by atoms with van der Waals surface area (Å²) in [5, 5.41) is 7.38. The van der Waals surface area contributed by atoms with E-state index in [-0.39, 0.29) is 5.75 Å². The summed E-state index contributed by atoms with van der Waals surface area (Å²) < 4.78 is 34.6. The van der Waals surface area contributed by atoms with Crippen molar-refractivity contribution >= 4 is 18.2 Å². The molecular weight excluding hydrogens is 420 g/mol. The third-order valence-electron chi connectivity index (χ3n) is 4.99. The molecule has 1 fully saturated rings. The molecule has 0 saturated carbocycles. The second-order valence-electron chi connectivity index (χ2n) is 7.92. The van der Waals surface area contributed by atoms with Gasteiger partial charge in [-0.1, -0.05) is 26.0 Å². The number of halogens is 2. The van der Waals surface area contributed by atoms with Gasteiger partial charge in [0, 0.05) is 0 Å². The number of carbonyl (C=O) groups is 2. The summed E-state index contributed by atoms with van der Waals surface area (Å²) in [5.41, 5.74) is -0.284. The van der Waals surface area contributed by atoms with E-state index in [2.05, 4.69) is 29.0 Å². The normalized spacial score (nSPS) is 18.7. The molecule has 3 amide bonds. The third-order valence-corrected chi connectivity index (χ3v) is 4.99. The van der Waals surface area contributed by atoms with Crippen molar-refractivity contribution in [1.82, 2.24) is 10.3 Å². The van der Waals surface area contributed by atoms with E-state index >= 15 is 0 Å². The molecule has 0 aromatic heterocycles. The first-order valence-electron chi connectivity index (χ1n) is 10.2. The number of amides is 3. The molecule has 1 saturated heterocycles. The van der Waals surface area contributed by atoms with Gasteiger partial charge in [0.1, 0.15) is 17.0 Å². The number of hydrogen-bond acceptors (Lipinski definition) is 5. The fourth-order valence-corrected chi connectivity index (χ4v) is 3.08. The fraction of sp³-hybridized carbons (Fsp3) is 0.348. The van der Waals surface area contributed by atoms with Crippen LogP contribution in [0.15, 0.2) is 53.6 Å². The van der Waals surface area contributed by atoms with Crippen molar-refractivity contribution in [2.75, 3.05) is 6.61 Å². The highest BCUT2D eigenvalue weighted by molar-refractivity contribution is 6.07. The van der Waals surface area contributed by atoms with Gasteiger partial charge in [-0.2, -0.15) is 13.9 Å². The molecule has 1 atom stereocenters. The van der Waals surface area contributed by atoms with Crippen LogP contribution in [0.3, 0.4) is 0 Å². The van der Waals surface area contributed by atoms with Gasteiger partial charge in [-0.25, -0.2) is 4.79 Å². The van der Waals surface area contributed by atoms with Crippen LogP contribution in [0.4, 0.5) is 13.6 Å². The van der Waals surface area contributed by atoms with Crippen molar-refractivity contribution in [3.63, 3.8) is 0 Å². The highest BCUT2D eigenvalue weighted by Crippen LogP contribution is 2.30. The number of benzene rings is 2. The lowest BCUT2D eigenvalue weighted by atomic mass is 9.92. The summed E-state index contributed by atoms with van der Waals surface area (Å²) in [4.78, 5) is 25.3. The van der Waals surface area contributed by atoms with E-state index in [1.807, 2.05) is 0 Å². The molecule has 1 aliphatic rings. The van der Waals surface area contributed by atoms with Crippen molar-refractivity contribution in [3.8, 4) is 11.5 Å². The number of nitrogens with one attached hydrogen (secondary N) is 1. The minimum absolute atomic E-state index is 0.0457. The van der Waals surface area contributed by atoms with Crippen molar-refractivity contribution in [2.45, 2.75) is 39.3 Å². The number of carbonyl (C=O) groups excluding carboxylic acids is 2. The van der Waals surface area contributed by atoms with Crippen LogP contribution in [0.25, 0.3) is 0 Å². The Morgan fingerprint density at radius 2 is 1.69 bits per heavy atom. The van der Waals surface area contributed by atoms with Crippen LogP contribution in [-0.2, 0) is 10.3 Å². The van der Waals surface area contributed by atoms with Crippen LogP contribution in [-0.4, -0.2) is 36.4 Å². The van der Waals surface area contributed by atoms with Crippen LogP contribution in [0, 0.1) is 5.92 Å². The van der Waals surface area contributed by atoms with Gasteiger partial charge in [-0.05, 0) is 66.8 Å². The number of hydrogen-bond donors (Lipinski definition) is 1. The Morgan fingerprint density at radius 3 is 2.28 bits per heavy atom. The Morgan fingerprint density at radius 1 is 1.06 bits per heavy atom. The molecule has 3 rings (SSSR count). The molecule has 1 heterocycles. The monoisotopic (exact) mass is 445 g/mol. The van der Waals surface area contributed by atoms with Crippen molar-refractivity contribution in [3.05, 3.63) is 59.7 Å². The summed E-state index contributed by atoms with van der Waals surface area (Å²) in [7, 11) is 0. The summed E-state index contributed by atoms with van der Waals surface area (Å²) in [6.07, 6.45) is 2.36. The van der Waals surface area contributed by atoms with Gasteiger partial charge in [0.25, 0.3) is 5.91 Å². The quantitative estimate of drug-likeness (QED) is 0.455. The molecule has 1 N–H and O–H groups in total. The Hall–Kier alpha value is -3.49. The standard InChI is InChI=1S/C23H25F2N3O4/c1-15(2)12-13-31-18-8-4-16(5-9-18)14-26-28-20(29)23(3,27-22(28)30)17-6-10-19(11-7-17)32-21(24)25/h4-11,14-15,21H,12-13H2,1-3H3,(H,27,30)/b26-14+. The second-order valence-corrected chi connectivity index (χ2v) is 7.92. The minimum atomic E-state index is -2.95. The SMILES string of the molecule is CC(C)CCOc1ccc(/C=N/N2C(=O)NC(C)(c3ccc(OC(F)F)cc3)C2=O)cc1. The minimum Gasteiger partial charge on any atom is -0.494 e. The number of ether oxygens (including phenoxy) is 2. The van der Waals surface area contributed by atoms with Gasteiger partial charge in [0.15, 0.2) is 0 Å². The Kier molecular flexibility index (Phi) is 7.07. The molecule has 0 aliphatic carbocycles. The van der Waals surface area contributed by atoms with E-state index in [4.69, 9.17) is 4.74 Å². The lowest BCUT2D eigenvalue weighted by molar-refractivity contribution is -0.131. The molecule has 7 nitrogen and oxygen atoms in total. The van der Waals surface area contributed by atoms with Crippen LogP contribution in [0.5, 0.6) is 11.5 Å². The molecule has 0 radical (unpaired) electrons. The zero-order valence-electron chi connectivity index (χ0n) is 18.0. The molecule has 32 heavy (non-hydrogen) atoms. The van der Waals surface area contributed by atoms with Crippen LogP contribution < -0.4 is 14.8 Å². The summed E-state index contributed by atoms with van der Waals surface area (Å²) in [6, 6.07) is 12.0. The average molecular weight is 445 g/mol. The van der Waals surface area contributed by atoms with E-state index in [0.717, 1.165) is 17.2 Å². The highest BCUT2D eigenvalue weighted by Gasteiger charge is 2.49. The molecule has 0 spiro atoms. The molecular formula is C23H25F2N3O4. The third kappa shape index (κ3) is 5.40. The lowest BCUT2D eigenvalue weighted by Gasteiger charge is -2.21. The van der Waals surface area contributed by atoms with Gasteiger partial charge in [-0.15, -0.1) is 5.01 Å². The first-order valence-corrected chi connectivity index (χ1v) is 10.2. The van der Waals surface area contributed by atoms with Gasteiger partial charge < -0.3 is 14.8 Å². The number of rotatable bonds is 9. The summed E-state index contributed by atoms with van der Waals surface area (Å²) in [5.74, 6) is 0.648. The van der Waals surface area contributed by atoms with Gasteiger partial charge >= 0.3 is 12.6 Å². The number of nitrogens with zero attached hydrogens (tertiary/aromatic N) is 2. The molecule has 0 bridgehead atoms. The smallest absolute Gasteiger partial charge is 0.387 e. The van der Waals surface area contributed by atoms with Crippen molar-refractivity contribution in [1.29, 1.82) is 0 Å². The first kappa shape index (κ1) is 23.2. The van der Waals surface area contributed by atoms with Crippen LogP contribution >= 0.6 is 0 Å². The maximum atomic E-state index is 12.9. The number of alkyl halides is 2. The highest BCUT2D eigenvalue weighted by atomic mass is 19.3. The van der Waals surface area contributed by atoms with Crippen molar-refractivity contribution in [2.24, 2.45) is 11.0 Å². The lowest BCUT2D eigenvalue weighted by Crippen LogP contribution is -2.40. The number of urea groups is 1. The van der Waals surface area contributed by atoms with E-state index in [1.165, 1.54) is 37.4 Å². The zero-order chi connectivity index (χ0) is 23.3. The van der Waals surface area contributed by atoms with Crippen LogP contribution in [0.2, 0.25) is 0 Å². The maximum Gasteiger partial charge on any atom is 0.387 e. The molecule has 170 valence electrons. The summed E-state index contributed by atoms with van der Waals surface area (Å²) in [6.45, 7) is 3.45. The second kappa shape index (κ2) is 9.76. The molecule has 2 aromatic carbocycles. The summed E-state index contributed by atoms with van der Waals surface area (Å²) >= 11 is 0. The average Bonchev–Trinajstić information content (AvgIpc) is 2.96. The van der Waals surface area contributed by atoms with E-state index in [9.17, 15) is 18.4 Å². The largest absolute Gasteiger partial charge is 0.494 e. The number of hydrazone groups is 1. The molecule has 1 aliphatic heterocycles. The van der Waals surface area contributed by atoms with E-state index < -0.39 is 24.1 Å². The Bertz CT molecular complexity index is 978. The number of imide groups is 1. The van der Waals surface area contributed by atoms with Gasteiger partial charge in [0.2, 0.25) is 0 Å².